The third-order valence-electron chi connectivity index (χ3n) is 3.25. The number of benzene rings is 1. The molecule has 0 fully saturated rings. The van der Waals surface area contributed by atoms with E-state index >= 15 is 0 Å². The molecule has 0 radical (unpaired) electrons. The monoisotopic (exact) mass is 259 g/mol. The number of aromatic nitrogens is 2. The normalized spacial score (nSPS) is 12.2. The van der Waals surface area contributed by atoms with Gasteiger partial charge in [0.2, 0.25) is 0 Å². The Kier molecular flexibility index (Phi) is 4.59. The van der Waals surface area contributed by atoms with Crippen LogP contribution < -0.4 is 5.32 Å². The van der Waals surface area contributed by atoms with E-state index in [9.17, 15) is 0 Å². The molecule has 0 aliphatic rings. The minimum atomic E-state index is 0.234. The van der Waals surface area contributed by atoms with Crippen LogP contribution in [0.2, 0.25) is 0 Å². The summed E-state index contributed by atoms with van der Waals surface area (Å²) < 4.78 is 2.12. The molecule has 0 bridgehead atoms. The van der Waals surface area contributed by atoms with Gasteiger partial charge in [0, 0.05) is 17.5 Å². The molecule has 0 atom stereocenters. The van der Waals surface area contributed by atoms with Crippen molar-refractivity contribution >= 4 is 10.9 Å². The molecule has 104 valence electrons. The van der Waals surface area contributed by atoms with E-state index in [-0.39, 0.29) is 5.54 Å². The van der Waals surface area contributed by atoms with Gasteiger partial charge in [-0.15, -0.1) is 0 Å². The number of unbranched alkanes of at least 4 members (excludes halogenated alkanes) is 2. The molecule has 1 aromatic carbocycles. The first-order valence-electron chi connectivity index (χ1n) is 7.22. The molecule has 2 rings (SSSR count). The van der Waals surface area contributed by atoms with Crippen LogP contribution in [0.5, 0.6) is 0 Å². The first-order valence-corrected chi connectivity index (χ1v) is 7.22. The highest BCUT2D eigenvalue weighted by atomic mass is 15.3. The Morgan fingerprint density at radius 1 is 1.11 bits per heavy atom. The lowest BCUT2D eigenvalue weighted by Gasteiger charge is -2.20. The first-order chi connectivity index (χ1) is 9.06. The van der Waals surface area contributed by atoms with Gasteiger partial charge in [0.1, 0.15) is 0 Å². The zero-order valence-electron chi connectivity index (χ0n) is 12.3. The second kappa shape index (κ2) is 6.20. The molecule has 19 heavy (non-hydrogen) atoms. The quantitative estimate of drug-likeness (QED) is 0.803. The molecular weight excluding hydrogens is 234 g/mol. The molecule has 0 saturated heterocycles. The number of nitrogens with one attached hydrogen (secondary N) is 1. The molecule has 1 aromatic heterocycles. The summed E-state index contributed by atoms with van der Waals surface area (Å²) in [6.07, 6.45) is 5.63. The molecule has 0 aliphatic heterocycles. The maximum atomic E-state index is 4.45. The molecule has 1 heterocycles. The fraction of sp³-hybridized carbons (Fsp3) is 0.562. The van der Waals surface area contributed by atoms with E-state index in [2.05, 4.69) is 60.1 Å². The Bertz CT molecular complexity index is 508. The standard InChI is InChI=1S/C16H25N3/c1-16(2,3)17-11-7-4-8-12-19-15-10-6-5-9-14(15)13-18-19/h5-6,9-10,13,17H,4,7-8,11-12H2,1-3H3. The highest BCUT2D eigenvalue weighted by Crippen LogP contribution is 2.13. The highest BCUT2D eigenvalue weighted by molar-refractivity contribution is 5.78. The van der Waals surface area contributed by atoms with E-state index in [1.54, 1.807) is 0 Å². The van der Waals surface area contributed by atoms with Gasteiger partial charge in [-0.2, -0.15) is 5.10 Å². The summed E-state index contributed by atoms with van der Waals surface area (Å²) in [5.41, 5.74) is 1.48. The van der Waals surface area contributed by atoms with E-state index in [0.29, 0.717) is 0 Å². The molecule has 0 aliphatic carbocycles. The van der Waals surface area contributed by atoms with Gasteiger partial charge in [-0.3, -0.25) is 4.68 Å². The van der Waals surface area contributed by atoms with Crippen molar-refractivity contribution in [1.82, 2.24) is 15.1 Å². The van der Waals surface area contributed by atoms with Crippen LogP contribution in [0.25, 0.3) is 10.9 Å². The first kappa shape index (κ1) is 14.1. The van der Waals surface area contributed by atoms with Crippen molar-refractivity contribution in [2.75, 3.05) is 6.54 Å². The van der Waals surface area contributed by atoms with Crippen LogP contribution in [0.4, 0.5) is 0 Å². The van der Waals surface area contributed by atoms with Crippen molar-refractivity contribution in [1.29, 1.82) is 0 Å². The lowest BCUT2D eigenvalue weighted by atomic mass is 10.1. The van der Waals surface area contributed by atoms with Crippen molar-refractivity contribution in [2.45, 2.75) is 52.1 Å². The lowest BCUT2D eigenvalue weighted by molar-refractivity contribution is 0.413. The predicted octanol–water partition coefficient (Wildman–Crippen LogP) is 3.59. The summed E-state index contributed by atoms with van der Waals surface area (Å²) in [5, 5.41) is 9.21. The second-order valence-electron chi connectivity index (χ2n) is 6.16. The Hall–Kier alpha value is -1.35. The number of aryl methyl sites for hydroxylation is 1. The number of hydrogen-bond acceptors (Lipinski definition) is 2. The summed E-state index contributed by atoms with van der Waals surface area (Å²) >= 11 is 0. The maximum absolute atomic E-state index is 4.45. The maximum Gasteiger partial charge on any atom is 0.0682 e. The third kappa shape index (κ3) is 4.35. The largest absolute Gasteiger partial charge is 0.312 e. The molecule has 1 N–H and O–H groups in total. The van der Waals surface area contributed by atoms with Crippen LogP contribution in [0.1, 0.15) is 40.0 Å². The topological polar surface area (TPSA) is 29.9 Å². The zero-order chi connectivity index (χ0) is 13.7. The zero-order valence-corrected chi connectivity index (χ0v) is 12.3. The third-order valence-corrected chi connectivity index (χ3v) is 3.25. The average molecular weight is 259 g/mol. The molecule has 0 saturated carbocycles. The Morgan fingerprint density at radius 3 is 2.68 bits per heavy atom. The van der Waals surface area contributed by atoms with Gasteiger partial charge >= 0.3 is 0 Å². The van der Waals surface area contributed by atoms with E-state index < -0.39 is 0 Å². The second-order valence-corrected chi connectivity index (χ2v) is 6.16. The summed E-state index contributed by atoms with van der Waals surface area (Å²) in [7, 11) is 0. The van der Waals surface area contributed by atoms with Gasteiger partial charge in [-0.25, -0.2) is 0 Å². The fourth-order valence-electron chi connectivity index (χ4n) is 2.23. The van der Waals surface area contributed by atoms with E-state index in [1.165, 1.54) is 30.2 Å². The average Bonchev–Trinajstić information content (AvgIpc) is 2.76. The Morgan fingerprint density at radius 2 is 1.89 bits per heavy atom. The van der Waals surface area contributed by atoms with Crippen LogP contribution in [0.3, 0.4) is 0 Å². The minimum Gasteiger partial charge on any atom is -0.312 e. The number of nitrogens with zero attached hydrogens (tertiary/aromatic N) is 2. The number of fused-ring (bicyclic) bond motifs is 1. The molecule has 0 spiro atoms. The fourth-order valence-corrected chi connectivity index (χ4v) is 2.23. The van der Waals surface area contributed by atoms with Crippen molar-refractivity contribution in [3.05, 3.63) is 30.5 Å². The van der Waals surface area contributed by atoms with Crippen molar-refractivity contribution in [3.63, 3.8) is 0 Å². The van der Waals surface area contributed by atoms with Gasteiger partial charge in [0.05, 0.1) is 11.7 Å². The molecular formula is C16H25N3. The van der Waals surface area contributed by atoms with Crippen molar-refractivity contribution in [2.24, 2.45) is 0 Å². The van der Waals surface area contributed by atoms with Crippen LogP contribution >= 0.6 is 0 Å². The van der Waals surface area contributed by atoms with Crippen molar-refractivity contribution < 1.29 is 0 Å². The van der Waals surface area contributed by atoms with E-state index in [0.717, 1.165) is 13.1 Å². The molecule has 3 heteroatoms. The number of hydrogen-bond donors (Lipinski definition) is 1. The van der Waals surface area contributed by atoms with Gasteiger partial charge in [0.15, 0.2) is 0 Å². The SMILES string of the molecule is CC(C)(C)NCCCCCn1ncc2ccccc21. The van der Waals surface area contributed by atoms with E-state index in [1.807, 2.05) is 6.20 Å². The highest BCUT2D eigenvalue weighted by Gasteiger charge is 2.07. The van der Waals surface area contributed by atoms with Crippen LogP contribution in [0, 0.1) is 0 Å². The Balaban J connectivity index is 1.71. The lowest BCUT2D eigenvalue weighted by Crippen LogP contribution is -2.36. The summed E-state index contributed by atoms with van der Waals surface area (Å²) in [5.74, 6) is 0. The van der Waals surface area contributed by atoms with Crippen LogP contribution in [-0.2, 0) is 6.54 Å². The summed E-state index contributed by atoms with van der Waals surface area (Å²) in [4.78, 5) is 0. The predicted molar refractivity (Wildman–Crippen MR) is 81.3 cm³/mol. The number of para-hydroxylation sites is 1. The molecule has 0 amide bonds. The van der Waals surface area contributed by atoms with Crippen LogP contribution in [-0.4, -0.2) is 21.9 Å². The number of rotatable bonds is 6. The smallest absolute Gasteiger partial charge is 0.0682 e. The van der Waals surface area contributed by atoms with Crippen molar-refractivity contribution in [3.8, 4) is 0 Å². The van der Waals surface area contributed by atoms with Gasteiger partial charge < -0.3 is 5.32 Å². The molecule has 2 aromatic rings. The van der Waals surface area contributed by atoms with E-state index in [4.69, 9.17) is 0 Å². The molecule has 3 nitrogen and oxygen atoms in total. The summed E-state index contributed by atoms with van der Waals surface area (Å²) in [6, 6.07) is 8.40. The molecule has 0 unspecified atom stereocenters. The van der Waals surface area contributed by atoms with Gasteiger partial charge in [-0.05, 0) is 46.2 Å². The van der Waals surface area contributed by atoms with Crippen LogP contribution in [0.15, 0.2) is 30.5 Å². The van der Waals surface area contributed by atoms with Gasteiger partial charge in [-0.1, -0.05) is 24.6 Å². The van der Waals surface area contributed by atoms with Gasteiger partial charge in [0.25, 0.3) is 0 Å². The summed E-state index contributed by atoms with van der Waals surface area (Å²) in [6.45, 7) is 8.75. The Labute approximate surface area is 116 Å². The minimum absolute atomic E-state index is 0.234.